The molecular formula is C18H24N4O2. The molecule has 6 nitrogen and oxygen atoms in total. The van der Waals surface area contributed by atoms with Crippen LogP contribution in [0.2, 0.25) is 0 Å². The molecule has 6 heteroatoms. The van der Waals surface area contributed by atoms with Crippen LogP contribution in [0.1, 0.15) is 23.8 Å². The summed E-state index contributed by atoms with van der Waals surface area (Å²) in [5.41, 5.74) is 1.41. The molecule has 1 aromatic carbocycles. The standard InChI is InChI=1S/C18H24N4O2/c1-2-16(23)14-20-10-12-21(13-11-20)18(24)17-8-9-22(19-17)15-6-4-3-5-7-15/h3-9,16,23H,2,10-14H2,1H3/t16-/m1/s1. The summed E-state index contributed by atoms with van der Waals surface area (Å²) in [5, 5.41) is 14.1. The van der Waals surface area contributed by atoms with Crippen molar-refractivity contribution in [3.8, 4) is 5.69 Å². The van der Waals surface area contributed by atoms with E-state index in [0.29, 0.717) is 25.3 Å². The minimum Gasteiger partial charge on any atom is -0.392 e. The quantitative estimate of drug-likeness (QED) is 0.901. The Balaban J connectivity index is 1.59. The van der Waals surface area contributed by atoms with Crippen LogP contribution in [-0.2, 0) is 0 Å². The Morgan fingerprint density at radius 3 is 2.54 bits per heavy atom. The fourth-order valence-electron chi connectivity index (χ4n) is 2.89. The Kier molecular flexibility index (Phi) is 5.27. The van der Waals surface area contributed by atoms with Crippen molar-refractivity contribution in [3.05, 3.63) is 48.3 Å². The Morgan fingerprint density at radius 1 is 1.17 bits per heavy atom. The van der Waals surface area contributed by atoms with Gasteiger partial charge in [0.25, 0.3) is 5.91 Å². The van der Waals surface area contributed by atoms with Crippen molar-refractivity contribution in [2.45, 2.75) is 19.4 Å². The van der Waals surface area contributed by atoms with Gasteiger partial charge in [0, 0.05) is 38.9 Å². The molecule has 1 aliphatic heterocycles. The van der Waals surface area contributed by atoms with E-state index < -0.39 is 0 Å². The molecule has 1 fully saturated rings. The second kappa shape index (κ2) is 7.59. The average molecular weight is 328 g/mol. The molecule has 1 N–H and O–H groups in total. The van der Waals surface area contributed by atoms with E-state index in [0.717, 1.165) is 25.2 Å². The number of carbonyl (C=O) groups excluding carboxylic acids is 1. The van der Waals surface area contributed by atoms with Crippen molar-refractivity contribution < 1.29 is 9.90 Å². The van der Waals surface area contributed by atoms with Crippen LogP contribution in [-0.4, -0.2) is 69.4 Å². The monoisotopic (exact) mass is 328 g/mol. The summed E-state index contributed by atoms with van der Waals surface area (Å²) in [4.78, 5) is 16.7. The van der Waals surface area contributed by atoms with Crippen LogP contribution in [0.15, 0.2) is 42.6 Å². The van der Waals surface area contributed by atoms with Gasteiger partial charge in [-0.3, -0.25) is 9.69 Å². The number of β-amino-alcohol motifs (C(OH)–C–C–N with tert-alkyl or cyclic N) is 1. The summed E-state index contributed by atoms with van der Waals surface area (Å²) in [5.74, 6) is -0.0274. The maximum Gasteiger partial charge on any atom is 0.274 e. The molecule has 0 saturated carbocycles. The first kappa shape index (κ1) is 16.7. The van der Waals surface area contributed by atoms with Crippen LogP contribution in [0.5, 0.6) is 0 Å². The Labute approximate surface area is 142 Å². The van der Waals surface area contributed by atoms with E-state index in [9.17, 15) is 9.90 Å². The van der Waals surface area contributed by atoms with E-state index in [1.807, 2.05) is 48.4 Å². The number of benzene rings is 1. The first-order chi connectivity index (χ1) is 11.7. The van der Waals surface area contributed by atoms with Crippen LogP contribution >= 0.6 is 0 Å². The third kappa shape index (κ3) is 3.83. The Bertz CT molecular complexity index is 663. The third-order valence-electron chi connectivity index (χ3n) is 4.43. The van der Waals surface area contributed by atoms with Gasteiger partial charge < -0.3 is 10.0 Å². The van der Waals surface area contributed by atoms with Crippen LogP contribution in [0.25, 0.3) is 5.69 Å². The molecule has 128 valence electrons. The molecule has 2 heterocycles. The molecule has 0 spiro atoms. The Morgan fingerprint density at radius 2 is 1.88 bits per heavy atom. The van der Waals surface area contributed by atoms with E-state index in [-0.39, 0.29) is 12.0 Å². The van der Waals surface area contributed by atoms with E-state index in [4.69, 9.17) is 0 Å². The normalized spacial score (nSPS) is 17.0. The number of hydrogen-bond donors (Lipinski definition) is 1. The van der Waals surface area contributed by atoms with Gasteiger partial charge in [0.15, 0.2) is 5.69 Å². The van der Waals surface area contributed by atoms with Crippen molar-refractivity contribution >= 4 is 5.91 Å². The lowest BCUT2D eigenvalue weighted by Crippen LogP contribution is -2.50. The fraction of sp³-hybridized carbons (Fsp3) is 0.444. The summed E-state index contributed by atoms with van der Waals surface area (Å²) in [6.07, 6.45) is 2.29. The number of carbonyl (C=O) groups is 1. The van der Waals surface area contributed by atoms with E-state index in [1.54, 1.807) is 10.7 Å². The van der Waals surface area contributed by atoms with E-state index >= 15 is 0 Å². The predicted molar refractivity (Wildman–Crippen MR) is 92.2 cm³/mol. The fourth-order valence-corrected chi connectivity index (χ4v) is 2.89. The molecule has 3 rings (SSSR count). The SMILES string of the molecule is CC[C@@H](O)CN1CCN(C(=O)c2ccn(-c3ccccc3)n2)CC1. The molecule has 1 saturated heterocycles. The van der Waals surface area contributed by atoms with Gasteiger partial charge in [-0.2, -0.15) is 5.10 Å². The number of para-hydroxylation sites is 1. The lowest BCUT2D eigenvalue weighted by atomic mass is 10.2. The highest BCUT2D eigenvalue weighted by molar-refractivity contribution is 5.92. The molecule has 0 bridgehead atoms. The largest absolute Gasteiger partial charge is 0.392 e. The minimum atomic E-state index is -0.283. The maximum atomic E-state index is 12.6. The maximum absolute atomic E-state index is 12.6. The molecule has 1 aromatic heterocycles. The van der Waals surface area contributed by atoms with Crippen LogP contribution < -0.4 is 0 Å². The van der Waals surface area contributed by atoms with Gasteiger partial charge >= 0.3 is 0 Å². The molecule has 1 aliphatic rings. The van der Waals surface area contributed by atoms with Crippen molar-refractivity contribution in [1.82, 2.24) is 19.6 Å². The van der Waals surface area contributed by atoms with Crippen LogP contribution in [0, 0.1) is 0 Å². The average Bonchev–Trinajstić information content (AvgIpc) is 3.12. The lowest BCUT2D eigenvalue weighted by molar-refractivity contribution is 0.0519. The van der Waals surface area contributed by atoms with Crippen molar-refractivity contribution in [1.29, 1.82) is 0 Å². The first-order valence-electron chi connectivity index (χ1n) is 8.48. The summed E-state index contributed by atoms with van der Waals surface area (Å²) in [6.45, 7) is 5.60. The topological polar surface area (TPSA) is 61.6 Å². The van der Waals surface area contributed by atoms with Crippen molar-refractivity contribution in [2.24, 2.45) is 0 Å². The Hall–Kier alpha value is -2.18. The van der Waals surface area contributed by atoms with Crippen molar-refractivity contribution in [2.75, 3.05) is 32.7 Å². The zero-order valence-electron chi connectivity index (χ0n) is 14.0. The zero-order chi connectivity index (χ0) is 16.9. The number of aromatic nitrogens is 2. The summed E-state index contributed by atoms with van der Waals surface area (Å²) in [7, 11) is 0. The van der Waals surface area contributed by atoms with Crippen LogP contribution in [0.4, 0.5) is 0 Å². The second-order valence-corrected chi connectivity index (χ2v) is 6.14. The highest BCUT2D eigenvalue weighted by atomic mass is 16.3. The van der Waals surface area contributed by atoms with Gasteiger partial charge in [0.05, 0.1) is 11.8 Å². The summed E-state index contributed by atoms with van der Waals surface area (Å²) in [6, 6.07) is 11.5. The van der Waals surface area contributed by atoms with Gasteiger partial charge in [0.2, 0.25) is 0 Å². The van der Waals surface area contributed by atoms with Crippen molar-refractivity contribution in [3.63, 3.8) is 0 Å². The lowest BCUT2D eigenvalue weighted by Gasteiger charge is -2.35. The van der Waals surface area contributed by atoms with E-state index in [1.165, 1.54) is 0 Å². The number of rotatable bonds is 5. The van der Waals surface area contributed by atoms with Gasteiger partial charge in [0.1, 0.15) is 0 Å². The molecule has 2 aromatic rings. The first-order valence-corrected chi connectivity index (χ1v) is 8.48. The minimum absolute atomic E-state index is 0.0274. The number of aliphatic hydroxyl groups excluding tert-OH is 1. The summed E-state index contributed by atoms with van der Waals surface area (Å²) >= 11 is 0. The summed E-state index contributed by atoms with van der Waals surface area (Å²) < 4.78 is 1.72. The number of nitrogens with zero attached hydrogens (tertiary/aromatic N) is 4. The third-order valence-corrected chi connectivity index (χ3v) is 4.43. The highest BCUT2D eigenvalue weighted by Crippen LogP contribution is 2.11. The zero-order valence-corrected chi connectivity index (χ0v) is 14.0. The number of hydrogen-bond acceptors (Lipinski definition) is 4. The van der Waals surface area contributed by atoms with Gasteiger partial charge in [-0.15, -0.1) is 0 Å². The van der Waals surface area contributed by atoms with Gasteiger partial charge in [-0.1, -0.05) is 25.1 Å². The molecular weight excluding hydrogens is 304 g/mol. The molecule has 0 unspecified atom stereocenters. The molecule has 0 radical (unpaired) electrons. The smallest absolute Gasteiger partial charge is 0.274 e. The molecule has 1 amide bonds. The number of piperazine rings is 1. The second-order valence-electron chi connectivity index (χ2n) is 6.14. The molecule has 24 heavy (non-hydrogen) atoms. The predicted octanol–water partition coefficient (Wildman–Crippen LogP) is 1.40. The van der Waals surface area contributed by atoms with Gasteiger partial charge in [-0.05, 0) is 24.6 Å². The number of aliphatic hydroxyl groups is 1. The number of amides is 1. The molecule has 0 aliphatic carbocycles. The van der Waals surface area contributed by atoms with E-state index in [2.05, 4.69) is 10.00 Å². The van der Waals surface area contributed by atoms with Crippen LogP contribution in [0.3, 0.4) is 0 Å². The highest BCUT2D eigenvalue weighted by Gasteiger charge is 2.24. The van der Waals surface area contributed by atoms with Gasteiger partial charge in [-0.25, -0.2) is 4.68 Å². The molecule has 1 atom stereocenters.